The zero-order valence-corrected chi connectivity index (χ0v) is 8.03. The highest BCUT2D eigenvalue weighted by Gasteiger charge is 1.98. The van der Waals surface area contributed by atoms with Gasteiger partial charge in [0.2, 0.25) is 0 Å². The molecule has 1 aromatic heterocycles. The van der Waals surface area contributed by atoms with Crippen LogP contribution in [0.2, 0.25) is 0 Å². The first kappa shape index (κ1) is 10.2. The standard InChI is InChI=1S/C9H17N3O/c1-2-12-6-5-11-9(12)8-10-4-3-7-13/h5-6,10,13H,2-4,7-8H2,1H3. The predicted octanol–water partition coefficient (Wildman–Crippen LogP) is 0.375. The predicted molar refractivity (Wildman–Crippen MR) is 51.3 cm³/mol. The lowest BCUT2D eigenvalue weighted by Gasteiger charge is -2.05. The van der Waals surface area contributed by atoms with Crippen LogP contribution in [0.3, 0.4) is 0 Å². The van der Waals surface area contributed by atoms with Gasteiger partial charge in [-0.05, 0) is 19.9 Å². The first-order chi connectivity index (χ1) is 6.38. The molecule has 0 aromatic carbocycles. The first-order valence-electron chi connectivity index (χ1n) is 4.70. The second-order valence-corrected chi connectivity index (χ2v) is 2.88. The summed E-state index contributed by atoms with van der Waals surface area (Å²) in [5.74, 6) is 1.06. The van der Waals surface area contributed by atoms with E-state index < -0.39 is 0 Å². The van der Waals surface area contributed by atoms with E-state index in [1.165, 1.54) is 0 Å². The maximum Gasteiger partial charge on any atom is 0.122 e. The normalized spacial score (nSPS) is 10.6. The van der Waals surface area contributed by atoms with E-state index in [-0.39, 0.29) is 6.61 Å². The van der Waals surface area contributed by atoms with E-state index in [1.807, 2.05) is 12.4 Å². The third-order valence-corrected chi connectivity index (χ3v) is 1.94. The minimum absolute atomic E-state index is 0.245. The molecule has 4 heteroatoms. The highest BCUT2D eigenvalue weighted by atomic mass is 16.3. The molecule has 0 saturated heterocycles. The Labute approximate surface area is 78.6 Å². The van der Waals surface area contributed by atoms with Crippen molar-refractivity contribution in [2.75, 3.05) is 13.2 Å². The molecule has 13 heavy (non-hydrogen) atoms. The average molecular weight is 183 g/mol. The van der Waals surface area contributed by atoms with E-state index in [1.54, 1.807) is 0 Å². The molecule has 1 aromatic rings. The molecule has 0 unspecified atom stereocenters. The highest BCUT2D eigenvalue weighted by Crippen LogP contribution is 1.96. The minimum Gasteiger partial charge on any atom is -0.396 e. The van der Waals surface area contributed by atoms with E-state index in [4.69, 9.17) is 5.11 Å². The molecule has 0 amide bonds. The smallest absolute Gasteiger partial charge is 0.122 e. The molecular formula is C9H17N3O. The molecule has 0 fully saturated rings. The van der Waals surface area contributed by atoms with Crippen LogP contribution >= 0.6 is 0 Å². The highest BCUT2D eigenvalue weighted by molar-refractivity contribution is 4.91. The number of rotatable bonds is 6. The van der Waals surface area contributed by atoms with Crippen LogP contribution in [0.1, 0.15) is 19.2 Å². The van der Waals surface area contributed by atoms with E-state index in [0.29, 0.717) is 0 Å². The third-order valence-electron chi connectivity index (χ3n) is 1.94. The van der Waals surface area contributed by atoms with Gasteiger partial charge in [0.25, 0.3) is 0 Å². The van der Waals surface area contributed by atoms with Crippen molar-refractivity contribution in [2.45, 2.75) is 26.4 Å². The van der Waals surface area contributed by atoms with Gasteiger partial charge in [0.1, 0.15) is 5.82 Å². The number of nitrogens with zero attached hydrogens (tertiary/aromatic N) is 2. The van der Waals surface area contributed by atoms with Crippen LogP contribution in [0, 0.1) is 0 Å². The van der Waals surface area contributed by atoms with E-state index in [9.17, 15) is 0 Å². The van der Waals surface area contributed by atoms with Gasteiger partial charge < -0.3 is 15.0 Å². The summed E-state index contributed by atoms with van der Waals surface area (Å²) in [4.78, 5) is 4.22. The third kappa shape index (κ3) is 3.16. The van der Waals surface area contributed by atoms with Gasteiger partial charge >= 0.3 is 0 Å². The Hall–Kier alpha value is -0.870. The summed E-state index contributed by atoms with van der Waals surface area (Å²) < 4.78 is 2.10. The summed E-state index contributed by atoms with van der Waals surface area (Å²) in [6.45, 7) is 4.92. The maximum atomic E-state index is 8.56. The lowest BCUT2D eigenvalue weighted by molar-refractivity contribution is 0.285. The van der Waals surface area contributed by atoms with Crippen LogP contribution in [0.4, 0.5) is 0 Å². The number of hydrogen-bond donors (Lipinski definition) is 2. The fourth-order valence-electron chi connectivity index (χ4n) is 1.20. The Balaban J connectivity index is 2.27. The van der Waals surface area contributed by atoms with Crippen molar-refractivity contribution in [3.63, 3.8) is 0 Å². The summed E-state index contributed by atoms with van der Waals surface area (Å²) >= 11 is 0. The van der Waals surface area contributed by atoms with Gasteiger partial charge in [-0.15, -0.1) is 0 Å². The minimum atomic E-state index is 0.245. The van der Waals surface area contributed by atoms with Gasteiger partial charge in [-0.2, -0.15) is 0 Å². The van der Waals surface area contributed by atoms with Gasteiger partial charge in [-0.3, -0.25) is 0 Å². The van der Waals surface area contributed by atoms with Crippen molar-refractivity contribution in [1.82, 2.24) is 14.9 Å². The Morgan fingerprint density at radius 3 is 3.15 bits per heavy atom. The van der Waals surface area contributed by atoms with Crippen molar-refractivity contribution >= 4 is 0 Å². The molecule has 1 rings (SSSR count). The first-order valence-corrected chi connectivity index (χ1v) is 4.70. The Kier molecular flexibility index (Phi) is 4.49. The fourth-order valence-corrected chi connectivity index (χ4v) is 1.20. The van der Waals surface area contributed by atoms with E-state index >= 15 is 0 Å². The fraction of sp³-hybridized carbons (Fsp3) is 0.667. The van der Waals surface area contributed by atoms with Gasteiger partial charge in [0.15, 0.2) is 0 Å². The number of nitrogens with one attached hydrogen (secondary N) is 1. The Bertz CT molecular complexity index is 235. The molecular weight excluding hydrogens is 166 g/mol. The number of aliphatic hydroxyl groups is 1. The van der Waals surface area contributed by atoms with Crippen LogP contribution in [0.25, 0.3) is 0 Å². The number of aryl methyl sites for hydroxylation is 1. The molecule has 74 valence electrons. The second-order valence-electron chi connectivity index (χ2n) is 2.88. The molecule has 1 heterocycles. The van der Waals surface area contributed by atoms with Crippen molar-refractivity contribution in [3.8, 4) is 0 Å². The lowest BCUT2D eigenvalue weighted by atomic mass is 10.4. The van der Waals surface area contributed by atoms with Crippen LogP contribution in [0.5, 0.6) is 0 Å². The lowest BCUT2D eigenvalue weighted by Crippen LogP contribution is -2.18. The van der Waals surface area contributed by atoms with Crippen molar-refractivity contribution < 1.29 is 5.11 Å². The summed E-state index contributed by atoms with van der Waals surface area (Å²) in [5, 5.41) is 11.8. The van der Waals surface area contributed by atoms with E-state index in [2.05, 4.69) is 21.8 Å². The topological polar surface area (TPSA) is 50.1 Å². The molecule has 0 bridgehead atoms. The number of aromatic nitrogens is 2. The van der Waals surface area contributed by atoms with Crippen LogP contribution in [-0.2, 0) is 13.1 Å². The molecule has 0 aliphatic heterocycles. The molecule has 0 radical (unpaired) electrons. The number of imidazole rings is 1. The molecule has 0 aliphatic carbocycles. The molecule has 0 atom stereocenters. The zero-order valence-electron chi connectivity index (χ0n) is 8.03. The quantitative estimate of drug-likeness (QED) is 0.627. The molecule has 0 spiro atoms. The summed E-state index contributed by atoms with van der Waals surface area (Å²) in [7, 11) is 0. The Morgan fingerprint density at radius 2 is 2.46 bits per heavy atom. The number of aliphatic hydroxyl groups excluding tert-OH is 1. The molecule has 4 nitrogen and oxygen atoms in total. The average Bonchev–Trinajstić information content (AvgIpc) is 2.60. The van der Waals surface area contributed by atoms with Gasteiger partial charge in [0.05, 0.1) is 6.54 Å². The molecule has 2 N–H and O–H groups in total. The van der Waals surface area contributed by atoms with Gasteiger partial charge in [0, 0.05) is 25.5 Å². The SMILES string of the molecule is CCn1ccnc1CNCCCO. The summed E-state index contributed by atoms with van der Waals surface area (Å²) in [5.41, 5.74) is 0. The molecule has 0 aliphatic rings. The largest absolute Gasteiger partial charge is 0.396 e. The van der Waals surface area contributed by atoms with Crippen molar-refractivity contribution in [1.29, 1.82) is 0 Å². The van der Waals surface area contributed by atoms with E-state index in [0.717, 1.165) is 31.9 Å². The van der Waals surface area contributed by atoms with Crippen molar-refractivity contribution in [3.05, 3.63) is 18.2 Å². The van der Waals surface area contributed by atoms with Gasteiger partial charge in [-0.25, -0.2) is 4.98 Å². The van der Waals surface area contributed by atoms with Crippen LogP contribution < -0.4 is 5.32 Å². The Morgan fingerprint density at radius 1 is 1.62 bits per heavy atom. The summed E-state index contributed by atoms with van der Waals surface area (Å²) in [6.07, 6.45) is 4.59. The molecule has 0 saturated carbocycles. The number of hydrogen-bond acceptors (Lipinski definition) is 3. The van der Waals surface area contributed by atoms with Crippen LogP contribution in [0.15, 0.2) is 12.4 Å². The monoisotopic (exact) mass is 183 g/mol. The second kappa shape index (κ2) is 5.72. The van der Waals surface area contributed by atoms with Gasteiger partial charge in [-0.1, -0.05) is 0 Å². The van der Waals surface area contributed by atoms with Crippen LogP contribution in [-0.4, -0.2) is 27.8 Å². The zero-order chi connectivity index (χ0) is 9.52. The summed E-state index contributed by atoms with van der Waals surface area (Å²) in [6, 6.07) is 0. The van der Waals surface area contributed by atoms with Crippen molar-refractivity contribution in [2.24, 2.45) is 0 Å². The maximum absolute atomic E-state index is 8.56.